The van der Waals surface area contributed by atoms with E-state index in [2.05, 4.69) is 79.8 Å². The molecule has 1 aliphatic heterocycles. The number of rotatable bonds is 8. The third-order valence-corrected chi connectivity index (χ3v) is 11.0. The van der Waals surface area contributed by atoms with Gasteiger partial charge in [0.1, 0.15) is 6.29 Å². The summed E-state index contributed by atoms with van der Waals surface area (Å²) in [6.45, 7) is 23.8. The van der Waals surface area contributed by atoms with Gasteiger partial charge in [0.2, 0.25) is 0 Å². The number of carbonyl (C=O) groups is 1. The van der Waals surface area contributed by atoms with Crippen molar-refractivity contribution < 1.29 is 18.7 Å². The van der Waals surface area contributed by atoms with E-state index in [1.54, 1.807) is 0 Å². The van der Waals surface area contributed by atoms with E-state index in [1.165, 1.54) is 5.57 Å². The lowest BCUT2D eigenvalue weighted by Gasteiger charge is -2.44. The average molecular weight is 425 g/mol. The first-order chi connectivity index (χ1) is 13.1. The fourth-order valence-electron chi connectivity index (χ4n) is 3.38. The Hall–Kier alpha value is -0.753. The molecule has 0 saturated carbocycles. The molecule has 0 aromatic rings. The maximum absolute atomic E-state index is 11.1. The predicted octanol–water partition coefficient (Wildman–Crippen LogP) is 6.28. The highest BCUT2D eigenvalue weighted by Gasteiger charge is 2.41. The van der Waals surface area contributed by atoms with E-state index in [0.29, 0.717) is 6.42 Å². The number of hydrogen-bond donors (Lipinski definition) is 0. The molecule has 2 unspecified atom stereocenters. The summed E-state index contributed by atoms with van der Waals surface area (Å²) >= 11 is 0. The molecule has 0 radical (unpaired) electrons. The van der Waals surface area contributed by atoms with E-state index in [-0.39, 0.29) is 35.2 Å². The Morgan fingerprint density at radius 2 is 1.83 bits per heavy atom. The van der Waals surface area contributed by atoms with Crippen LogP contribution in [0.1, 0.15) is 68.7 Å². The molecule has 1 saturated heterocycles. The molecule has 29 heavy (non-hydrogen) atoms. The maximum atomic E-state index is 11.1. The summed E-state index contributed by atoms with van der Waals surface area (Å²) < 4.78 is 18.9. The number of carbonyl (C=O) groups excluding carboxylic acids is 1. The monoisotopic (exact) mass is 424 g/mol. The molecule has 5 atom stereocenters. The van der Waals surface area contributed by atoms with Gasteiger partial charge in [-0.25, -0.2) is 0 Å². The third-order valence-electron chi connectivity index (χ3n) is 6.50. The Balaban J connectivity index is 3.04. The molecule has 5 heteroatoms. The van der Waals surface area contributed by atoms with Gasteiger partial charge in [-0.05, 0) is 51.4 Å². The number of ether oxygens (including phenoxy) is 2. The van der Waals surface area contributed by atoms with Crippen LogP contribution >= 0.6 is 0 Å². The van der Waals surface area contributed by atoms with Crippen molar-refractivity contribution in [2.75, 3.05) is 0 Å². The molecule has 0 aromatic carbocycles. The minimum Gasteiger partial charge on any atom is -0.410 e. The first-order valence-corrected chi connectivity index (χ1v) is 13.8. The smallest absolute Gasteiger partial charge is 0.192 e. The molecule has 0 spiro atoms. The summed E-state index contributed by atoms with van der Waals surface area (Å²) in [7, 11) is -1.90. The van der Waals surface area contributed by atoms with Crippen molar-refractivity contribution in [3.8, 4) is 0 Å². The highest BCUT2D eigenvalue weighted by molar-refractivity contribution is 6.74. The van der Waals surface area contributed by atoms with Crippen LogP contribution in [0.3, 0.4) is 0 Å². The lowest BCUT2D eigenvalue weighted by Crippen LogP contribution is -2.49. The molecule has 4 nitrogen and oxygen atoms in total. The van der Waals surface area contributed by atoms with Crippen molar-refractivity contribution in [3.63, 3.8) is 0 Å². The van der Waals surface area contributed by atoms with Gasteiger partial charge >= 0.3 is 0 Å². The molecule has 0 bridgehead atoms. The van der Waals surface area contributed by atoms with Crippen LogP contribution in [0.15, 0.2) is 23.8 Å². The summed E-state index contributed by atoms with van der Waals surface area (Å²) in [4.78, 5) is 11.1. The Bertz CT molecular complexity index is 600. The third kappa shape index (κ3) is 7.16. The Morgan fingerprint density at radius 1 is 1.24 bits per heavy atom. The van der Waals surface area contributed by atoms with Crippen molar-refractivity contribution in [1.29, 1.82) is 0 Å². The largest absolute Gasteiger partial charge is 0.410 e. The predicted molar refractivity (Wildman–Crippen MR) is 123 cm³/mol. The van der Waals surface area contributed by atoms with Gasteiger partial charge in [-0.15, -0.1) is 0 Å². The van der Waals surface area contributed by atoms with E-state index in [0.717, 1.165) is 6.29 Å². The standard InChI is InChI=1S/C24H44O4Si/c1-12-17(2)22(28-29(10,11)23(5,6)7)18(3)13-14-20-19(4)21(15-16-25)27-24(8,9)26-20/h12-14,16,18-22H,15H2,1-11H3/b14-13+,17-12+/t18?,19-,20-,21+,22?/m1/s1. The Morgan fingerprint density at radius 3 is 2.31 bits per heavy atom. The summed E-state index contributed by atoms with van der Waals surface area (Å²) in [6.07, 6.45) is 7.66. The second kappa shape index (κ2) is 10.0. The molecule has 168 valence electrons. The maximum Gasteiger partial charge on any atom is 0.192 e. The van der Waals surface area contributed by atoms with Crippen molar-refractivity contribution >= 4 is 14.6 Å². The van der Waals surface area contributed by atoms with Crippen LogP contribution < -0.4 is 0 Å². The topological polar surface area (TPSA) is 44.8 Å². The second-order valence-corrected chi connectivity index (χ2v) is 15.2. The van der Waals surface area contributed by atoms with Gasteiger partial charge in [-0.3, -0.25) is 0 Å². The summed E-state index contributed by atoms with van der Waals surface area (Å²) in [5.41, 5.74) is 1.26. The molecule has 1 fully saturated rings. The average Bonchev–Trinajstić information content (AvgIpc) is 2.59. The van der Waals surface area contributed by atoms with E-state index >= 15 is 0 Å². The van der Waals surface area contributed by atoms with E-state index < -0.39 is 14.1 Å². The van der Waals surface area contributed by atoms with Gasteiger partial charge in [0, 0.05) is 18.3 Å². The number of hydrogen-bond acceptors (Lipinski definition) is 4. The zero-order chi connectivity index (χ0) is 22.6. The zero-order valence-electron chi connectivity index (χ0n) is 20.5. The van der Waals surface area contributed by atoms with Crippen molar-refractivity contribution in [1.82, 2.24) is 0 Å². The van der Waals surface area contributed by atoms with E-state index in [1.807, 2.05) is 13.8 Å². The molecule has 0 N–H and O–H groups in total. The number of aldehydes is 1. The summed E-state index contributed by atoms with van der Waals surface area (Å²) in [5.74, 6) is -0.375. The minimum absolute atomic E-state index is 0.0473. The van der Waals surface area contributed by atoms with Crippen molar-refractivity contribution in [2.45, 2.75) is 111 Å². The van der Waals surface area contributed by atoms with Crippen molar-refractivity contribution in [3.05, 3.63) is 23.8 Å². The SMILES string of the molecule is C/C=C(\C)C(O[Si](C)(C)C(C)(C)C)C(C)/C=C/[C@H]1OC(C)(C)O[C@@H](CC=O)[C@@H]1C. The van der Waals surface area contributed by atoms with Gasteiger partial charge in [-0.1, -0.05) is 52.8 Å². The van der Waals surface area contributed by atoms with Gasteiger partial charge < -0.3 is 18.7 Å². The molecule has 1 heterocycles. The fourth-order valence-corrected chi connectivity index (χ4v) is 4.77. The fraction of sp³-hybridized carbons (Fsp3) is 0.792. The Labute approximate surface area is 180 Å². The quantitative estimate of drug-likeness (QED) is 0.261. The Kier molecular flexibility index (Phi) is 9.10. The molecular weight excluding hydrogens is 380 g/mol. The first kappa shape index (κ1) is 26.3. The van der Waals surface area contributed by atoms with E-state index in [9.17, 15) is 4.79 Å². The first-order valence-electron chi connectivity index (χ1n) is 10.9. The molecule has 0 amide bonds. The number of allylic oxidation sites excluding steroid dienone is 1. The van der Waals surface area contributed by atoms with Crippen LogP contribution in [0.25, 0.3) is 0 Å². The van der Waals surface area contributed by atoms with Gasteiger partial charge in [0.15, 0.2) is 14.1 Å². The summed E-state index contributed by atoms with van der Waals surface area (Å²) in [6, 6.07) is 0. The van der Waals surface area contributed by atoms with Crippen LogP contribution in [-0.2, 0) is 18.7 Å². The van der Waals surface area contributed by atoms with Crippen LogP contribution in [0.2, 0.25) is 18.1 Å². The van der Waals surface area contributed by atoms with E-state index in [4.69, 9.17) is 13.9 Å². The lowest BCUT2D eigenvalue weighted by atomic mass is 9.91. The van der Waals surface area contributed by atoms with Crippen LogP contribution in [0.5, 0.6) is 0 Å². The van der Waals surface area contributed by atoms with Gasteiger partial charge in [-0.2, -0.15) is 0 Å². The highest BCUT2D eigenvalue weighted by atomic mass is 28.4. The molecule has 1 rings (SSSR count). The minimum atomic E-state index is -1.90. The second-order valence-electron chi connectivity index (χ2n) is 10.5. The molecule has 0 aromatic heterocycles. The summed E-state index contributed by atoms with van der Waals surface area (Å²) in [5, 5.41) is 0.160. The van der Waals surface area contributed by atoms with Crippen molar-refractivity contribution in [2.24, 2.45) is 11.8 Å². The van der Waals surface area contributed by atoms with Crippen LogP contribution in [-0.4, -0.2) is 38.7 Å². The van der Waals surface area contributed by atoms with Gasteiger partial charge in [0.05, 0.1) is 18.3 Å². The zero-order valence-corrected chi connectivity index (χ0v) is 21.5. The van der Waals surface area contributed by atoms with Crippen LogP contribution in [0, 0.1) is 11.8 Å². The lowest BCUT2D eigenvalue weighted by molar-refractivity contribution is -0.308. The molecule has 1 aliphatic rings. The molecule has 0 aliphatic carbocycles. The van der Waals surface area contributed by atoms with Gasteiger partial charge in [0.25, 0.3) is 0 Å². The van der Waals surface area contributed by atoms with Crippen LogP contribution in [0.4, 0.5) is 0 Å². The normalized spacial score (nSPS) is 28.4. The molecular formula is C24H44O4Si. The highest BCUT2D eigenvalue weighted by Crippen LogP contribution is 2.39.